The Hall–Kier alpha value is -4.78. The Morgan fingerprint density at radius 2 is 1.75 bits per heavy atom. The molecule has 2 saturated carbocycles. The smallest absolute Gasteiger partial charge is 0.391 e. The van der Waals surface area contributed by atoms with E-state index in [0.29, 0.717) is 45.9 Å². The quantitative estimate of drug-likeness (QED) is 0.166. The summed E-state index contributed by atoms with van der Waals surface area (Å²) >= 11 is 1.44. The van der Waals surface area contributed by atoms with Crippen LogP contribution in [-0.4, -0.2) is 108 Å². The van der Waals surface area contributed by atoms with E-state index in [4.69, 9.17) is 19.4 Å². The van der Waals surface area contributed by atoms with Crippen LogP contribution in [0.2, 0.25) is 0 Å². The second-order valence-electron chi connectivity index (χ2n) is 19.0. The second-order valence-corrected chi connectivity index (χ2v) is 21.8. The predicted octanol–water partition coefficient (Wildman–Crippen LogP) is 6.67. The van der Waals surface area contributed by atoms with Gasteiger partial charge in [0.05, 0.1) is 42.0 Å². The summed E-state index contributed by atoms with van der Waals surface area (Å²) in [5, 5.41) is 5.38. The molecule has 64 heavy (non-hydrogen) atoms. The monoisotopic (exact) mass is 930 g/mol. The Kier molecular flexibility index (Phi) is 12.9. The molecule has 4 aliphatic rings. The van der Waals surface area contributed by atoms with E-state index < -0.39 is 85.9 Å². The molecule has 3 aromatic rings. The van der Waals surface area contributed by atoms with Crippen molar-refractivity contribution in [2.75, 3.05) is 26.7 Å². The fraction of sp³-hybridized carbons (Fsp3) is 0.600. The molecule has 2 aliphatic carbocycles. The average molecular weight is 931 g/mol. The van der Waals surface area contributed by atoms with Crippen LogP contribution in [0.3, 0.4) is 0 Å². The zero-order valence-electron chi connectivity index (χ0n) is 37.2. The first-order valence-corrected chi connectivity index (χ1v) is 24.2. The molecule has 2 aromatic heterocycles. The number of ether oxygens (including phenoxy) is 2. The number of piperidine rings is 1. The lowest BCUT2D eigenvalue weighted by Gasteiger charge is -2.37. The third-order valence-electron chi connectivity index (χ3n) is 13.1. The summed E-state index contributed by atoms with van der Waals surface area (Å²) in [5.74, 6) is -4.56. The molecule has 7 rings (SSSR count). The number of fused-ring (bicyclic) bond motifs is 1. The van der Waals surface area contributed by atoms with Crippen LogP contribution in [0.15, 0.2) is 36.2 Å². The van der Waals surface area contributed by atoms with E-state index in [1.54, 1.807) is 40.0 Å². The van der Waals surface area contributed by atoms with Gasteiger partial charge in [-0.25, -0.2) is 18.4 Å². The number of carbonyl (C=O) groups excluding carboxylic acids is 4. The number of aromatic nitrogens is 2. The maximum absolute atomic E-state index is 15.0. The van der Waals surface area contributed by atoms with Crippen LogP contribution in [0.25, 0.3) is 21.6 Å². The third-order valence-corrected chi connectivity index (χ3v) is 15.8. The molecule has 4 amide bonds. The van der Waals surface area contributed by atoms with Crippen molar-refractivity contribution in [3.63, 3.8) is 0 Å². The zero-order chi connectivity index (χ0) is 46.7. The Morgan fingerprint density at radius 1 is 1.06 bits per heavy atom. The van der Waals surface area contributed by atoms with E-state index in [2.05, 4.69) is 16.6 Å². The number of amides is 4. The van der Waals surface area contributed by atoms with Gasteiger partial charge >= 0.3 is 6.18 Å². The third kappa shape index (κ3) is 9.60. The molecular weight excluding hydrogens is 874 g/mol. The number of alkyl halides is 3. The van der Waals surface area contributed by atoms with E-state index in [1.807, 2.05) is 32.2 Å². The second kappa shape index (κ2) is 17.5. The van der Waals surface area contributed by atoms with Gasteiger partial charge in [-0.15, -0.1) is 17.9 Å². The number of carbonyl (C=O) groups is 4. The molecule has 2 saturated heterocycles. The standard InChI is InChI=1S/C45H57F3N6O8S2/c1-9-26-21-44(26,42(58)52-64(59,60)29-10-11-29)51-39(56)34-18-28(22-54(34)41(57)31(43(5,6)7)19-37(55)53-16-14-27(15-17-53)45(46,47)48)62-36-20-32(40-50-33(23-63-40)24(2)3)49-38-25(4)35(61-8)13-12-30(36)38/h9,12-13,20,23-24,26-29,31,34H,1,10-11,14-19,21-22H2,2-8H3,(H,51,56)(H,52,58)/t26?,28-,31?,34+,44+/m1/s1. The lowest BCUT2D eigenvalue weighted by atomic mass is 9.77. The van der Waals surface area contributed by atoms with Gasteiger partial charge in [0.1, 0.15) is 39.9 Å². The number of rotatable bonds is 14. The Morgan fingerprint density at radius 3 is 2.31 bits per heavy atom. The highest BCUT2D eigenvalue weighted by Crippen LogP contribution is 2.46. The molecule has 1 aromatic carbocycles. The van der Waals surface area contributed by atoms with Gasteiger partial charge in [0.15, 0.2) is 0 Å². The number of nitrogens with zero attached hydrogens (tertiary/aromatic N) is 4. The molecular formula is C45H57F3N6O8S2. The molecule has 2 aliphatic heterocycles. The first-order chi connectivity index (χ1) is 30.0. The lowest BCUT2D eigenvalue weighted by molar-refractivity contribution is -0.186. The number of halogens is 3. The van der Waals surface area contributed by atoms with Crippen molar-refractivity contribution < 1.29 is 50.2 Å². The molecule has 4 heterocycles. The molecule has 4 fully saturated rings. The van der Waals surface area contributed by atoms with Gasteiger partial charge in [-0.2, -0.15) is 13.2 Å². The zero-order valence-corrected chi connectivity index (χ0v) is 38.8. The van der Waals surface area contributed by atoms with Crippen molar-refractivity contribution in [2.24, 2.45) is 23.2 Å². The fourth-order valence-corrected chi connectivity index (χ4v) is 11.1. The van der Waals surface area contributed by atoms with Gasteiger partial charge in [-0.05, 0) is 62.5 Å². The van der Waals surface area contributed by atoms with Crippen LogP contribution in [0.5, 0.6) is 11.5 Å². The summed E-state index contributed by atoms with van der Waals surface area (Å²) in [4.78, 5) is 69.7. The molecule has 5 atom stereocenters. The summed E-state index contributed by atoms with van der Waals surface area (Å²) in [7, 11) is -2.41. The van der Waals surface area contributed by atoms with E-state index in [-0.39, 0.29) is 57.7 Å². The lowest BCUT2D eigenvalue weighted by Crippen LogP contribution is -2.57. The molecule has 19 heteroatoms. The normalized spacial score (nSPS) is 23.5. The summed E-state index contributed by atoms with van der Waals surface area (Å²) in [6, 6.07) is 4.14. The molecule has 2 N–H and O–H groups in total. The SMILES string of the molecule is C=CC1C[C@@]1(NC(=O)[C@@H]1C[C@@H](Oc2cc(-c3nc(C(C)C)cs3)nc3c(C)c(OC)ccc23)CN1C(=O)C(CC(=O)N1CCC(C(F)(F)F)CC1)C(C)(C)C)C(=O)NS(=O)(=O)C1CC1. The van der Waals surface area contributed by atoms with Crippen molar-refractivity contribution in [1.82, 2.24) is 29.8 Å². The molecule has 0 bridgehead atoms. The summed E-state index contributed by atoms with van der Waals surface area (Å²) in [6.07, 6.45) is -3.62. The fourth-order valence-electron chi connectivity index (χ4n) is 8.77. The number of likely N-dealkylation sites (tertiary alicyclic amines) is 2. The van der Waals surface area contributed by atoms with Gasteiger partial charge in [0, 0.05) is 54.2 Å². The summed E-state index contributed by atoms with van der Waals surface area (Å²) in [6.45, 7) is 14.8. The van der Waals surface area contributed by atoms with Gasteiger partial charge < -0.3 is 24.6 Å². The maximum atomic E-state index is 15.0. The summed E-state index contributed by atoms with van der Waals surface area (Å²) < 4.78 is 80.7. The van der Waals surface area contributed by atoms with Gasteiger partial charge in [-0.1, -0.05) is 40.7 Å². The number of pyridine rings is 1. The average Bonchev–Trinajstić information content (AvgIpc) is 4.11. The van der Waals surface area contributed by atoms with E-state index in [0.717, 1.165) is 11.3 Å². The van der Waals surface area contributed by atoms with Gasteiger partial charge in [0.25, 0.3) is 5.91 Å². The largest absolute Gasteiger partial charge is 0.496 e. The topological polar surface area (TPSA) is 177 Å². The molecule has 348 valence electrons. The molecule has 0 spiro atoms. The minimum atomic E-state index is -4.37. The van der Waals surface area contributed by atoms with E-state index in [9.17, 15) is 36.0 Å². The van der Waals surface area contributed by atoms with Crippen molar-refractivity contribution in [3.8, 4) is 22.2 Å². The first-order valence-electron chi connectivity index (χ1n) is 21.7. The summed E-state index contributed by atoms with van der Waals surface area (Å²) in [5.41, 5.74) is 0.300. The molecule has 2 unspecified atom stereocenters. The molecule has 0 radical (unpaired) electrons. The molecule has 14 nitrogen and oxygen atoms in total. The van der Waals surface area contributed by atoms with Gasteiger partial charge in [-0.3, -0.25) is 23.9 Å². The Balaban J connectivity index is 1.22. The highest BCUT2D eigenvalue weighted by Gasteiger charge is 2.62. The highest BCUT2D eigenvalue weighted by molar-refractivity contribution is 7.91. The van der Waals surface area contributed by atoms with E-state index >= 15 is 4.79 Å². The minimum Gasteiger partial charge on any atom is -0.496 e. The van der Waals surface area contributed by atoms with Gasteiger partial charge in [0.2, 0.25) is 27.7 Å². The minimum absolute atomic E-state index is 0.0484. The van der Waals surface area contributed by atoms with Crippen molar-refractivity contribution in [3.05, 3.63) is 47.5 Å². The maximum Gasteiger partial charge on any atom is 0.391 e. The number of aryl methyl sites for hydroxylation is 1. The first kappa shape index (κ1) is 47.2. The number of nitrogens with one attached hydrogen (secondary N) is 2. The van der Waals surface area contributed by atoms with Crippen LogP contribution >= 0.6 is 11.3 Å². The number of sulfonamides is 1. The highest BCUT2D eigenvalue weighted by atomic mass is 32.2. The number of thiazole rings is 1. The van der Waals surface area contributed by atoms with Crippen molar-refractivity contribution >= 4 is 55.9 Å². The Labute approximate surface area is 375 Å². The van der Waals surface area contributed by atoms with Crippen LogP contribution in [0, 0.1) is 30.1 Å². The number of methoxy groups -OCH3 is 1. The van der Waals surface area contributed by atoms with Crippen LogP contribution in [0.4, 0.5) is 13.2 Å². The van der Waals surface area contributed by atoms with Crippen LogP contribution < -0.4 is 19.5 Å². The van der Waals surface area contributed by atoms with Crippen molar-refractivity contribution in [2.45, 2.75) is 122 Å². The number of hydrogen-bond acceptors (Lipinski definition) is 11. The number of benzene rings is 1. The predicted molar refractivity (Wildman–Crippen MR) is 235 cm³/mol. The van der Waals surface area contributed by atoms with E-state index in [1.165, 1.54) is 27.2 Å². The number of hydrogen-bond donors (Lipinski definition) is 2. The van der Waals surface area contributed by atoms with Crippen LogP contribution in [0.1, 0.15) is 96.7 Å². The Bertz CT molecular complexity index is 2440. The van der Waals surface area contributed by atoms with Crippen LogP contribution in [-0.2, 0) is 29.2 Å². The van der Waals surface area contributed by atoms with Crippen molar-refractivity contribution in [1.29, 1.82) is 0 Å².